The zero-order valence-electron chi connectivity index (χ0n) is 15.1. The van der Waals surface area contributed by atoms with Crippen LogP contribution in [0, 0.1) is 0 Å². The topological polar surface area (TPSA) is 91.6 Å². The number of amides is 1. The summed E-state index contributed by atoms with van der Waals surface area (Å²) in [6.07, 6.45) is 0. The molecule has 0 atom stereocenters. The number of nitrogens with zero attached hydrogens (tertiary/aromatic N) is 2. The normalized spacial score (nSPS) is 14.8. The van der Waals surface area contributed by atoms with Crippen molar-refractivity contribution in [3.05, 3.63) is 53.9 Å². The van der Waals surface area contributed by atoms with E-state index in [1.54, 1.807) is 17.0 Å². The summed E-state index contributed by atoms with van der Waals surface area (Å²) in [4.78, 5) is 22.9. The summed E-state index contributed by atoms with van der Waals surface area (Å²) in [5.74, 6) is 0.842. The summed E-state index contributed by atoms with van der Waals surface area (Å²) >= 11 is 0. The van der Waals surface area contributed by atoms with E-state index in [4.69, 9.17) is 9.15 Å². The number of fused-ring (bicyclic) bond motifs is 3. The van der Waals surface area contributed by atoms with E-state index in [1.165, 1.54) is 0 Å². The fraction of sp³-hybridized carbons (Fsp3) is 0.238. The number of hydrogen-bond donors (Lipinski definition) is 2. The lowest BCUT2D eigenvalue weighted by atomic mass is 10.1. The largest absolute Gasteiger partial charge is 0.457 e. The number of ether oxygens (including phenoxy) is 1. The lowest BCUT2D eigenvalue weighted by Crippen LogP contribution is -2.41. The molecule has 1 fully saturated rings. The molecule has 4 heterocycles. The first kappa shape index (κ1) is 17.0. The van der Waals surface area contributed by atoms with Gasteiger partial charge in [-0.1, -0.05) is 18.2 Å². The van der Waals surface area contributed by atoms with Crippen LogP contribution in [0.15, 0.2) is 46.9 Å². The summed E-state index contributed by atoms with van der Waals surface area (Å²) < 4.78 is 11.1. The number of pyridine rings is 1. The average molecular weight is 377 g/mol. The van der Waals surface area contributed by atoms with E-state index in [0.717, 1.165) is 21.8 Å². The number of aliphatic hydroxyl groups excluding tert-OH is 1. The van der Waals surface area contributed by atoms with Crippen molar-refractivity contribution in [3.8, 4) is 11.5 Å². The molecule has 4 aromatic rings. The fourth-order valence-corrected chi connectivity index (χ4v) is 3.65. The number of H-pyrrole nitrogens is 1. The summed E-state index contributed by atoms with van der Waals surface area (Å²) in [5, 5.41) is 11.3. The molecule has 2 N–H and O–H groups in total. The Morgan fingerprint density at radius 1 is 1.14 bits per heavy atom. The van der Waals surface area contributed by atoms with Gasteiger partial charge in [0.05, 0.1) is 18.7 Å². The third kappa shape index (κ3) is 2.76. The molecule has 1 aromatic carbocycles. The highest BCUT2D eigenvalue weighted by molar-refractivity contribution is 6.12. The number of hydrogen-bond acceptors (Lipinski definition) is 5. The molecule has 7 heteroatoms. The fourth-order valence-electron chi connectivity index (χ4n) is 3.65. The molecule has 0 saturated carbocycles. The van der Waals surface area contributed by atoms with Gasteiger partial charge in [0.2, 0.25) is 0 Å². The number of carbonyl (C=O) groups excluding carboxylic acids is 1. The minimum Gasteiger partial charge on any atom is -0.457 e. The van der Waals surface area contributed by atoms with E-state index in [2.05, 4.69) is 9.97 Å². The number of carbonyl (C=O) groups is 1. The molecule has 0 radical (unpaired) electrons. The van der Waals surface area contributed by atoms with Gasteiger partial charge in [-0.15, -0.1) is 0 Å². The van der Waals surface area contributed by atoms with Gasteiger partial charge in [0, 0.05) is 29.4 Å². The summed E-state index contributed by atoms with van der Waals surface area (Å²) in [6.45, 7) is 1.98. The minimum atomic E-state index is -0.192. The highest BCUT2D eigenvalue weighted by Crippen LogP contribution is 2.33. The molecule has 0 bridgehead atoms. The number of morpholine rings is 1. The Labute approximate surface area is 160 Å². The van der Waals surface area contributed by atoms with Crippen LogP contribution in [-0.2, 0) is 11.3 Å². The third-order valence-electron chi connectivity index (χ3n) is 5.06. The number of benzene rings is 1. The van der Waals surface area contributed by atoms with Crippen molar-refractivity contribution in [2.45, 2.75) is 6.61 Å². The zero-order chi connectivity index (χ0) is 19.1. The van der Waals surface area contributed by atoms with Crippen LogP contribution < -0.4 is 0 Å². The van der Waals surface area contributed by atoms with Gasteiger partial charge in [-0.05, 0) is 24.3 Å². The van der Waals surface area contributed by atoms with Crippen LogP contribution in [0.2, 0.25) is 0 Å². The lowest BCUT2D eigenvalue weighted by Gasteiger charge is -2.26. The van der Waals surface area contributed by atoms with E-state index in [1.807, 2.05) is 30.3 Å². The summed E-state index contributed by atoms with van der Waals surface area (Å²) in [7, 11) is 0. The van der Waals surface area contributed by atoms with Gasteiger partial charge in [0.25, 0.3) is 5.91 Å². The quantitative estimate of drug-likeness (QED) is 0.573. The van der Waals surface area contributed by atoms with E-state index in [0.29, 0.717) is 49.2 Å². The Morgan fingerprint density at radius 3 is 2.75 bits per heavy atom. The SMILES string of the molecule is O=C(c1cc2c([nH]c3ccccc32)c(-c2ccc(CO)o2)n1)N1CCOCC1. The molecule has 1 aliphatic rings. The molecule has 142 valence electrons. The molecule has 1 saturated heterocycles. The Balaban J connectivity index is 1.72. The maximum atomic E-state index is 13.1. The number of aromatic amines is 1. The molecular formula is C21H19N3O4. The van der Waals surface area contributed by atoms with Gasteiger partial charge in [-0.3, -0.25) is 4.79 Å². The molecular weight excluding hydrogens is 358 g/mol. The molecule has 7 nitrogen and oxygen atoms in total. The van der Waals surface area contributed by atoms with Crippen molar-refractivity contribution in [1.29, 1.82) is 0 Å². The summed E-state index contributed by atoms with van der Waals surface area (Å²) in [6, 6.07) is 13.2. The first-order valence-electron chi connectivity index (χ1n) is 9.23. The highest BCUT2D eigenvalue weighted by atomic mass is 16.5. The van der Waals surface area contributed by atoms with Crippen molar-refractivity contribution in [2.75, 3.05) is 26.3 Å². The standard InChI is InChI=1S/C21H19N3O4/c25-12-13-5-6-18(28-13)20-19-15(14-3-1-2-4-16(14)22-19)11-17(23-20)21(26)24-7-9-27-10-8-24/h1-6,11,22,25H,7-10,12H2. The molecule has 0 unspecified atom stereocenters. The predicted molar refractivity (Wildman–Crippen MR) is 104 cm³/mol. The summed E-state index contributed by atoms with van der Waals surface area (Å²) in [5.41, 5.74) is 2.70. The average Bonchev–Trinajstić information content (AvgIpc) is 3.38. The van der Waals surface area contributed by atoms with Crippen molar-refractivity contribution in [2.24, 2.45) is 0 Å². The van der Waals surface area contributed by atoms with E-state index >= 15 is 0 Å². The second-order valence-electron chi connectivity index (χ2n) is 6.78. The number of para-hydroxylation sites is 1. The van der Waals surface area contributed by atoms with Crippen LogP contribution in [0.1, 0.15) is 16.2 Å². The highest BCUT2D eigenvalue weighted by Gasteiger charge is 2.23. The van der Waals surface area contributed by atoms with Crippen molar-refractivity contribution in [3.63, 3.8) is 0 Å². The van der Waals surface area contributed by atoms with Gasteiger partial charge in [0.1, 0.15) is 23.8 Å². The Kier molecular flexibility index (Phi) is 4.11. The number of furan rings is 1. The van der Waals surface area contributed by atoms with Crippen LogP contribution >= 0.6 is 0 Å². The van der Waals surface area contributed by atoms with Gasteiger partial charge >= 0.3 is 0 Å². The van der Waals surface area contributed by atoms with Crippen molar-refractivity contribution >= 4 is 27.7 Å². The van der Waals surface area contributed by atoms with Crippen LogP contribution in [-0.4, -0.2) is 52.2 Å². The van der Waals surface area contributed by atoms with Gasteiger partial charge in [-0.25, -0.2) is 4.98 Å². The maximum absolute atomic E-state index is 13.1. The minimum absolute atomic E-state index is 0.120. The number of aliphatic hydroxyl groups is 1. The van der Waals surface area contributed by atoms with Gasteiger partial charge < -0.3 is 24.1 Å². The van der Waals surface area contributed by atoms with Crippen molar-refractivity contribution in [1.82, 2.24) is 14.9 Å². The number of rotatable bonds is 3. The molecule has 0 spiro atoms. The first-order valence-corrected chi connectivity index (χ1v) is 9.23. The van der Waals surface area contributed by atoms with Gasteiger partial charge in [0.15, 0.2) is 5.76 Å². The van der Waals surface area contributed by atoms with Crippen molar-refractivity contribution < 1.29 is 19.1 Å². The van der Waals surface area contributed by atoms with E-state index in [9.17, 15) is 9.90 Å². The monoisotopic (exact) mass is 377 g/mol. The Morgan fingerprint density at radius 2 is 1.96 bits per heavy atom. The molecule has 3 aromatic heterocycles. The molecule has 5 rings (SSSR count). The van der Waals surface area contributed by atoms with Crippen LogP contribution in [0.25, 0.3) is 33.3 Å². The smallest absolute Gasteiger partial charge is 0.272 e. The van der Waals surface area contributed by atoms with E-state index in [-0.39, 0.29) is 12.5 Å². The van der Waals surface area contributed by atoms with Crippen LogP contribution in [0.4, 0.5) is 0 Å². The zero-order valence-corrected chi connectivity index (χ0v) is 15.1. The molecule has 28 heavy (non-hydrogen) atoms. The Hall–Kier alpha value is -3.16. The molecule has 0 aliphatic carbocycles. The second kappa shape index (κ2) is 6.78. The van der Waals surface area contributed by atoms with Crippen LogP contribution in [0.3, 0.4) is 0 Å². The first-order chi connectivity index (χ1) is 13.7. The lowest BCUT2D eigenvalue weighted by molar-refractivity contribution is 0.0299. The number of nitrogens with one attached hydrogen (secondary N) is 1. The molecule has 1 aliphatic heterocycles. The number of aromatic nitrogens is 2. The third-order valence-corrected chi connectivity index (χ3v) is 5.06. The van der Waals surface area contributed by atoms with Gasteiger partial charge in [-0.2, -0.15) is 0 Å². The Bertz CT molecular complexity index is 1170. The molecule has 1 amide bonds. The maximum Gasteiger partial charge on any atom is 0.272 e. The second-order valence-corrected chi connectivity index (χ2v) is 6.78. The predicted octanol–water partition coefficient (Wildman–Crippen LogP) is 2.94. The van der Waals surface area contributed by atoms with E-state index < -0.39 is 0 Å². The van der Waals surface area contributed by atoms with Crippen LogP contribution in [0.5, 0.6) is 0 Å².